The van der Waals surface area contributed by atoms with Crippen molar-refractivity contribution in [1.29, 1.82) is 5.26 Å². The summed E-state index contributed by atoms with van der Waals surface area (Å²) in [5, 5.41) is 12.2. The fourth-order valence-corrected chi connectivity index (χ4v) is 4.53. The summed E-state index contributed by atoms with van der Waals surface area (Å²) in [5.41, 5.74) is 2.56. The molecule has 1 fully saturated rings. The van der Waals surface area contributed by atoms with E-state index in [0.29, 0.717) is 31.6 Å². The molecule has 0 spiro atoms. The first kappa shape index (κ1) is 15.3. The maximum absolute atomic E-state index is 12.4. The Kier molecular flexibility index (Phi) is 4.34. The molecule has 1 aromatic carbocycles. The number of nitrogens with one attached hydrogen (secondary N) is 2. The van der Waals surface area contributed by atoms with Gasteiger partial charge < -0.3 is 5.32 Å². The summed E-state index contributed by atoms with van der Waals surface area (Å²) < 4.78 is 29.2. The standard InChI is InChI=1S/C15H20N4O2S/c16-10-12-4-5-15-13(8-12)9-14(11-17-15)18-22(20,21)19-6-2-1-3-7-19/h4-5,8,14,17-18H,1-3,6-7,9,11H2. The molecule has 0 radical (unpaired) electrons. The zero-order valence-electron chi connectivity index (χ0n) is 12.4. The summed E-state index contributed by atoms with van der Waals surface area (Å²) in [5.74, 6) is 0. The maximum atomic E-state index is 12.4. The Hall–Kier alpha value is -1.62. The van der Waals surface area contributed by atoms with Crippen molar-refractivity contribution < 1.29 is 8.42 Å². The summed E-state index contributed by atoms with van der Waals surface area (Å²) >= 11 is 0. The third-order valence-electron chi connectivity index (χ3n) is 4.21. The van der Waals surface area contributed by atoms with Gasteiger partial charge in [0.25, 0.3) is 10.2 Å². The molecule has 1 atom stereocenters. The fraction of sp³-hybridized carbons (Fsp3) is 0.533. The molecule has 2 N–H and O–H groups in total. The van der Waals surface area contributed by atoms with Crippen LogP contribution in [0.15, 0.2) is 18.2 Å². The molecule has 0 aliphatic carbocycles. The third kappa shape index (κ3) is 3.24. The first-order chi connectivity index (χ1) is 10.6. The quantitative estimate of drug-likeness (QED) is 0.877. The van der Waals surface area contributed by atoms with Crippen molar-refractivity contribution in [2.45, 2.75) is 31.7 Å². The third-order valence-corrected chi connectivity index (χ3v) is 5.89. The summed E-state index contributed by atoms with van der Waals surface area (Å²) in [6.07, 6.45) is 3.56. The molecular weight excluding hydrogens is 300 g/mol. The highest BCUT2D eigenvalue weighted by molar-refractivity contribution is 7.87. The lowest BCUT2D eigenvalue weighted by atomic mass is 9.98. The van der Waals surface area contributed by atoms with Crippen LogP contribution in [-0.2, 0) is 16.6 Å². The van der Waals surface area contributed by atoms with Crippen molar-refractivity contribution in [2.75, 3.05) is 25.0 Å². The van der Waals surface area contributed by atoms with Crippen molar-refractivity contribution in [1.82, 2.24) is 9.03 Å². The molecule has 1 aromatic rings. The van der Waals surface area contributed by atoms with Gasteiger partial charge >= 0.3 is 0 Å². The predicted octanol–water partition coefficient (Wildman–Crippen LogP) is 1.22. The van der Waals surface area contributed by atoms with E-state index in [9.17, 15) is 8.42 Å². The zero-order chi connectivity index (χ0) is 15.6. The van der Waals surface area contributed by atoms with Crippen molar-refractivity contribution in [2.24, 2.45) is 0 Å². The number of fused-ring (bicyclic) bond motifs is 1. The second-order valence-corrected chi connectivity index (χ2v) is 7.55. The van der Waals surface area contributed by atoms with E-state index in [2.05, 4.69) is 16.1 Å². The summed E-state index contributed by atoms with van der Waals surface area (Å²) in [6, 6.07) is 7.40. The van der Waals surface area contributed by atoms with E-state index in [1.165, 1.54) is 4.31 Å². The molecule has 0 bridgehead atoms. The monoisotopic (exact) mass is 320 g/mol. The van der Waals surface area contributed by atoms with Crippen LogP contribution in [0.5, 0.6) is 0 Å². The molecule has 6 nitrogen and oxygen atoms in total. The number of rotatable bonds is 3. The van der Waals surface area contributed by atoms with Crippen LogP contribution in [0.25, 0.3) is 0 Å². The minimum absolute atomic E-state index is 0.187. The second kappa shape index (κ2) is 6.24. The van der Waals surface area contributed by atoms with Gasteiger partial charge in [0.15, 0.2) is 0 Å². The minimum atomic E-state index is -3.42. The first-order valence-electron chi connectivity index (χ1n) is 7.63. The van der Waals surface area contributed by atoms with E-state index in [4.69, 9.17) is 5.26 Å². The molecule has 0 aromatic heterocycles. The van der Waals surface area contributed by atoms with Crippen LogP contribution in [0, 0.1) is 11.3 Å². The van der Waals surface area contributed by atoms with E-state index >= 15 is 0 Å². The molecule has 118 valence electrons. The lowest BCUT2D eigenvalue weighted by Gasteiger charge is -2.31. The van der Waals surface area contributed by atoms with E-state index in [1.54, 1.807) is 6.07 Å². The Labute approximate surface area is 131 Å². The molecule has 2 heterocycles. The highest BCUT2D eigenvalue weighted by Crippen LogP contribution is 2.23. The number of hydrogen-bond donors (Lipinski definition) is 2. The molecule has 3 rings (SSSR count). The van der Waals surface area contributed by atoms with Gasteiger partial charge in [0, 0.05) is 31.4 Å². The Morgan fingerprint density at radius 1 is 1.27 bits per heavy atom. The number of nitriles is 1. The largest absolute Gasteiger partial charge is 0.383 e. The smallest absolute Gasteiger partial charge is 0.279 e. The van der Waals surface area contributed by atoms with Crippen LogP contribution in [0.2, 0.25) is 0 Å². The first-order valence-corrected chi connectivity index (χ1v) is 9.07. The molecule has 2 aliphatic rings. The highest BCUT2D eigenvalue weighted by atomic mass is 32.2. The van der Waals surface area contributed by atoms with Crippen LogP contribution >= 0.6 is 0 Å². The van der Waals surface area contributed by atoms with E-state index in [0.717, 1.165) is 30.5 Å². The van der Waals surface area contributed by atoms with E-state index < -0.39 is 10.2 Å². The lowest BCUT2D eigenvalue weighted by molar-refractivity contribution is 0.338. The predicted molar refractivity (Wildman–Crippen MR) is 84.6 cm³/mol. The molecule has 0 saturated carbocycles. The average Bonchev–Trinajstić information content (AvgIpc) is 2.54. The molecule has 1 unspecified atom stereocenters. The molecule has 2 aliphatic heterocycles. The number of piperidine rings is 1. The molecule has 22 heavy (non-hydrogen) atoms. The Morgan fingerprint density at radius 3 is 2.77 bits per heavy atom. The van der Waals surface area contributed by atoms with Gasteiger partial charge in [0.1, 0.15) is 0 Å². The highest BCUT2D eigenvalue weighted by Gasteiger charge is 2.28. The average molecular weight is 320 g/mol. The Morgan fingerprint density at radius 2 is 2.05 bits per heavy atom. The summed E-state index contributed by atoms with van der Waals surface area (Å²) in [6.45, 7) is 1.77. The molecular formula is C15H20N4O2S. The van der Waals surface area contributed by atoms with Crippen molar-refractivity contribution in [3.63, 3.8) is 0 Å². The fourth-order valence-electron chi connectivity index (χ4n) is 3.05. The SMILES string of the molecule is N#Cc1ccc2c(c1)CC(NS(=O)(=O)N1CCCCC1)CN2. The number of benzene rings is 1. The molecule has 1 saturated heterocycles. The summed E-state index contributed by atoms with van der Waals surface area (Å²) in [7, 11) is -3.42. The van der Waals surface area contributed by atoms with Gasteiger partial charge in [0.05, 0.1) is 11.6 Å². The normalized spacial score (nSPS) is 22.4. The van der Waals surface area contributed by atoms with Gasteiger partial charge in [0.2, 0.25) is 0 Å². The lowest BCUT2D eigenvalue weighted by Crippen LogP contribution is -2.50. The van der Waals surface area contributed by atoms with Crippen LogP contribution < -0.4 is 10.0 Å². The molecule has 7 heteroatoms. The van der Waals surface area contributed by atoms with Gasteiger partial charge in [-0.15, -0.1) is 0 Å². The van der Waals surface area contributed by atoms with Gasteiger partial charge in [-0.1, -0.05) is 6.42 Å². The molecule has 0 amide bonds. The Balaban J connectivity index is 1.70. The topological polar surface area (TPSA) is 85.2 Å². The van der Waals surface area contributed by atoms with Gasteiger partial charge in [-0.05, 0) is 43.0 Å². The number of hydrogen-bond acceptors (Lipinski definition) is 4. The van der Waals surface area contributed by atoms with Crippen LogP contribution in [-0.4, -0.2) is 38.4 Å². The van der Waals surface area contributed by atoms with E-state index in [-0.39, 0.29) is 6.04 Å². The van der Waals surface area contributed by atoms with Crippen molar-refractivity contribution >= 4 is 15.9 Å². The summed E-state index contributed by atoms with van der Waals surface area (Å²) in [4.78, 5) is 0. The van der Waals surface area contributed by atoms with E-state index in [1.807, 2.05) is 12.1 Å². The Bertz CT molecular complexity index is 690. The van der Waals surface area contributed by atoms with Crippen molar-refractivity contribution in [3.8, 4) is 6.07 Å². The van der Waals surface area contributed by atoms with Crippen molar-refractivity contribution in [3.05, 3.63) is 29.3 Å². The van der Waals surface area contributed by atoms with Gasteiger partial charge in [-0.2, -0.15) is 22.7 Å². The van der Waals surface area contributed by atoms with Gasteiger partial charge in [-0.3, -0.25) is 0 Å². The maximum Gasteiger partial charge on any atom is 0.279 e. The van der Waals surface area contributed by atoms with Crippen LogP contribution in [0.1, 0.15) is 30.4 Å². The van der Waals surface area contributed by atoms with Gasteiger partial charge in [-0.25, -0.2) is 0 Å². The zero-order valence-corrected chi connectivity index (χ0v) is 13.2. The van der Waals surface area contributed by atoms with Crippen LogP contribution in [0.3, 0.4) is 0 Å². The number of nitrogens with zero attached hydrogens (tertiary/aromatic N) is 2. The minimum Gasteiger partial charge on any atom is -0.383 e. The van der Waals surface area contributed by atoms with Crippen LogP contribution in [0.4, 0.5) is 5.69 Å². The number of anilines is 1. The second-order valence-electron chi connectivity index (χ2n) is 5.85.